The highest BCUT2D eigenvalue weighted by Crippen LogP contribution is 2.13. The Balaban J connectivity index is 2.96. The molecule has 0 amide bonds. The smallest absolute Gasteiger partial charge is 0.338 e. The molecule has 0 aliphatic heterocycles. The number of carboxylic acids is 1. The lowest BCUT2D eigenvalue weighted by Gasteiger charge is -1.94. The lowest BCUT2D eigenvalue weighted by molar-refractivity contribution is 0.0699. The van der Waals surface area contributed by atoms with E-state index in [9.17, 15) is 9.59 Å². The highest BCUT2D eigenvalue weighted by atomic mass is 16.4. The van der Waals surface area contributed by atoms with Gasteiger partial charge in [0.2, 0.25) is 5.43 Å². The highest BCUT2D eigenvalue weighted by molar-refractivity contribution is 6.02. The number of aromatic amines is 2. The van der Waals surface area contributed by atoms with Crippen molar-refractivity contribution in [3.8, 4) is 0 Å². The molecule has 14 heavy (non-hydrogen) atoms. The number of nitrogens with two attached hydrogens (primary N) is 1. The summed E-state index contributed by atoms with van der Waals surface area (Å²) in [6, 6.07) is 0. The number of anilines is 1. The Morgan fingerprint density at radius 3 is 2.64 bits per heavy atom. The van der Waals surface area contributed by atoms with Crippen LogP contribution in [-0.2, 0) is 0 Å². The van der Waals surface area contributed by atoms with Gasteiger partial charge in [-0.15, -0.1) is 0 Å². The zero-order valence-corrected chi connectivity index (χ0v) is 7.00. The molecule has 0 unspecified atom stereocenters. The van der Waals surface area contributed by atoms with Gasteiger partial charge in [-0.25, -0.2) is 4.79 Å². The van der Waals surface area contributed by atoms with E-state index in [1.165, 1.54) is 12.4 Å². The molecular weight excluding hydrogens is 186 g/mol. The van der Waals surface area contributed by atoms with Gasteiger partial charge in [0.25, 0.3) is 0 Å². The zero-order chi connectivity index (χ0) is 10.3. The first-order valence-electron chi connectivity index (χ1n) is 3.83. The van der Waals surface area contributed by atoms with E-state index in [0.29, 0.717) is 5.65 Å². The number of aromatic carboxylic acids is 1. The van der Waals surface area contributed by atoms with Crippen LogP contribution < -0.4 is 11.2 Å². The van der Waals surface area contributed by atoms with Crippen molar-refractivity contribution in [2.45, 2.75) is 0 Å². The van der Waals surface area contributed by atoms with E-state index in [0.717, 1.165) is 0 Å². The number of rotatable bonds is 1. The molecule has 0 spiro atoms. The van der Waals surface area contributed by atoms with Gasteiger partial charge in [-0.1, -0.05) is 0 Å². The molecule has 2 rings (SSSR count). The number of pyridine rings is 1. The third-order valence-corrected chi connectivity index (χ3v) is 1.97. The molecule has 0 radical (unpaired) electrons. The molecule has 0 aliphatic carbocycles. The Kier molecular flexibility index (Phi) is 1.57. The van der Waals surface area contributed by atoms with Gasteiger partial charge in [-0.2, -0.15) is 0 Å². The quantitative estimate of drug-likeness (QED) is 0.515. The fraction of sp³-hybridized carbons (Fsp3) is 0. The van der Waals surface area contributed by atoms with E-state index in [-0.39, 0.29) is 16.6 Å². The van der Waals surface area contributed by atoms with Gasteiger partial charge in [0.1, 0.15) is 5.65 Å². The predicted octanol–water partition coefficient (Wildman–Crippen LogP) is 0.137. The van der Waals surface area contributed by atoms with E-state index in [1.807, 2.05) is 0 Å². The predicted molar refractivity (Wildman–Crippen MR) is 50.3 cm³/mol. The molecule has 2 aromatic rings. The number of H-pyrrole nitrogens is 2. The topological polar surface area (TPSA) is 112 Å². The molecule has 0 atom stereocenters. The largest absolute Gasteiger partial charge is 0.478 e. The summed E-state index contributed by atoms with van der Waals surface area (Å²) in [5, 5.41) is 8.85. The lowest BCUT2D eigenvalue weighted by atomic mass is 10.2. The van der Waals surface area contributed by atoms with Crippen molar-refractivity contribution in [3.05, 3.63) is 28.2 Å². The van der Waals surface area contributed by atoms with E-state index < -0.39 is 11.4 Å². The zero-order valence-electron chi connectivity index (χ0n) is 7.00. The normalized spacial score (nSPS) is 10.6. The molecule has 2 heterocycles. The molecule has 0 fully saturated rings. The van der Waals surface area contributed by atoms with Gasteiger partial charge in [0, 0.05) is 12.4 Å². The van der Waals surface area contributed by atoms with Crippen molar-refractivity contribution in [2.24, 2.45) is 0 Å². The minimum absolute atomic E-state index is 0.000370. The Morgan fingerprint density at radius 1 is 1.36 bits per heavy atom. The van der Waals surface area contributed by atoms with Crippen molar-refractivity contribution in [3.63, 3.8) is 0 Å². The SMILES string of the molecule is Nc1c[nH]c2[nH]cc(C(=O)O)c2c1=O. The van der Waals surface area contributed by atoms with Crippen LogP contribution in [0.25, 0.3) is 11.0 Å². The maximum Gasteiger partial charge on any atom is 0.338 e. The van der Waals surface area contributed by atoms with Crippen LogP contribution in [-0.4, -0.2) is 21.0 Å². The second kappa shape index (κ2) is 2.63. The summed E-state index contributed by atoms with van der Waals surface area (Å²) in [7, 11) is 0. The van der Waals surface area contributed by atoms with Crippen LogP contribution in [0.4, 0.5) is 5.69 Å². The van der Waals surface area contributed by atoms with Crippen molar-refractivity contribution in [1.29, 1.82) is 0 Å². The monoisotopic (exact) mass is 193 g/mol. The number of carboxylic acid groups (broad SMARTS) is 1. The van der Waals surface area contributed by atoms with Crippen molar-refractivity contribution in [2.75, 3.05) is 5.73 Å². The van der Waals surface area contributed by atoms with Crippen molar-refractivity contribution in [1.82, 2.24) is 9.97 Å². The number of fused-ring (bicyclic) bond motifs is 1. The van der Waals surface area contributed by atoms with Crippen molar-refractivity contribution < 1.29 is 9.90 Å². The summed E-state index contributed by atoms with van der Waals surface area (Å²) in [4.78, 5) is 27.5. The Hall–Kier alpha value is -2.24. The summed E-state index contributed by atoms with van der Waals surface area (Å²) in [5.74, 6) is -1.16. The van der Waals surface area contributed by atoms with Gasteiger partial charge in [0.05, 0.1) is 16.6 Å². The summed E-state index contributed by atoms with van der Waals surface area (Å²) < 4.78 is 0. The lowest BCUT2D eigenvalue weighted by Crippen LogP contribution is -2.10. The maximum atomic E-state index is 11.5. The molecular formula is C8H7N3O3. The first-order valence-corrected chi connectivity index (χ1v) is 3.83. The minimum Gasteiger partial charge on any atom is -0.478 e. The third-order valence-electron chi connectivity index (χ3n) is 1.97. The summed E-state index contributed by atoms with van der Waals surface area (Å²) >= 11 is 0. The van der Waals surface area contributed by atoms with Gasteiger partial charge >= 0.3 is 5.97 Å². The van der Waals surface area contributed by atoms with E-state index in [2.05, 4.69) is 9.97 Å². The fourth-order valence-corrected chi connectivity index (χ4v) is 1.30. The number of nitrogens with one attached hydrogen (secondary N) is 2. The van der Waals surface area contributed by atoms with Crippen LogP contribution in [0.15, 0.2) is 17.2 Å². The molecule has 72 valence electrons. The highest BCUT2D eigenvalue weighted by Gasteiger charge is 2.14. The van der Waals surface area contributed by atoms with Crippen LogP contribution in [0.2, 0.25) is 0 Å². The van der Waals surface area contributed by atoms with Crippen molar-refractivity contribution >= 4 is 22.7 Å². The first kappa shape index (κ1) is 8.36. The second-order valence-corrected chi connectivity index (χ2v) is 2.83. The average molecular weight is 193 g/mol. The molecule has 2 aromatic heterocycles. The third kappa shape index (κ3) is 0.972. The number of hydrogen-bond donors (Lipinski definition) is 4. The number of hydrogen-bond acceptors (Lipinski definition) is 3. The molecule has 6 nitrogen and oxygen atoms in total. The molecule has 0 aromatic carbocycles. The van der Waals surface area contributed by atoms with E-state index in [4.69, 9.17) is 10.8 Å². The molecule has 0 bridgehead atoms. The van der Waals surface area contributed by atoms with Gasteiger partial charge in [-0.05, 0) is 0 Å². The van der Waals surface area contributed by atoms with Gasteiger partial charge in [0.15, 0.2) is 0 Å². The van der Waals surface area contributed by atoms with Crippen LogP contribution in [0, 0.1) is 0 Å². The Labute approximate surface area is 77.4 Å². The Bertz CT molecular complexity index is 567. The van der Waals surface area contributed by atoms with E-state index in [1.54, 1.807) is 0 Å². The molecule has 6 heteroatoms. The fourth-order valence-electron chi connectivity index (χ4n) is 1.30. The number of nitrogen functional groups attached to an aromatic ring is 1. The maximum absolute atomic E-state index is 11.5. The van der Waals surface area contributed by atoms with E-state index >= 15 is 0 Å². The minimum atomic E-state index is -1.16. The molecule has 5 N–H and O–H groups in total. The van der Waals surface area contributed by atoms with Crippen LogP contribution in [0.5, 0.6) is 0 Å². The second-order valence-electron chi connectivity index (χ2n) is 2.83. The summed E-state index contributed by atoms with van der Waals surface area (Å²) in [5.41, 5.74) is 5.18. The summed E-state index contributed by atoms with van der Waals surface area (Å²) in [6.07, 6.45) is 2.58. The van der Waals surface area contributed by atoms with Crippen LogP contribution in [0.1, 0.15) is 10.4 Å². The molecule has 0 saturated carbocycles. The van der Waals surface area contributed by atoms with Crippen LogP contribution >= 0.6 is 0 Å². The average Bonchev–Trinajstić information content (AvgIpc) is 2.55. The number of aromatic nitrogens is 2. The number of carbonyl (C=O) groups is 1. The molecule has 0 saturated heterocycles. The first-order chi connectivity index (χ1) is 6.61. The Morgan fingerprint density at radius 2 is 2.00 bits per heavy atom. The standard InChI is InChI=1S/C8H7N3O3/c9-4-2-11-7-5(6(4)12)3(1-10-7)8(13)14/h1-2H,9H2,(H,13,14)(H2,10,11,12). The van der Waals surface area contributed by atoms with Crippen LogP contribution in [0.3, 0.4) is 0 Å². The van der Waals surface area contributed by atoms with Gasteiger partial charge < -0.3 is 20.8 Å². The molecule has 0 aliphatic rings. The van der Waals surface area contributed by atoms with Gasteiger partial charge in [-0.3, -0.25) is 4.79 Å². The summed E-state index contributed by atoms with van der Waals surface area (Å²) in [6.45, 7) is 0.